The second kappa shape index (κ2) is 4.94. The van der Waals surface area contributed by atoms with Crippen molar-refractivity contribution in [2.75, 3.05) is 13.7 Å². The summed E-state index contributed by atoms with van der Waals surface area (Å²) in [5, 5.41) is 9.25. The van der Waals surface area contributed by atoms with Gasteiger partial charge in [-0.15, -0.1) is 0 Å². The molecule has 0 amide bonds. The van der Waals surface area contributed by atoms with Gasteiger partial charge in [0.2, 0.25) is 0 Å². The van der Waals surface area contributed by atoms with Crippen LogP contribution in [-0.2, 0) is 0 Å². The maximum Gasteiger partial charge on any atom is 0.0601 e. The minimum atomic E-state index is 0.126. The zero-order valence-electron chi connectivity index (χ0n) is 8.74. The molecule has 1 aliphatic rings. The van der Waals surface area contributed by atoms with E-state index in [1.807, 2.05) is 0 Å². The van der Waals surface area contributed by atoms with Gasteiger partial charge in [-0.2, -0.15) is 0 Å². The summed E-state index contributed by atoms with van der Waals surface area (Å²) in [6.45, 7) is 2.32. The third-order valence-electron chi connectivity index (χ3n) is 2.95. The van der Waals surface area contributed by atoms with E-state index in [4.69, 9.17) is 5.73 Å². The minimum absolute atomic E-state index is 0.126. The van der Waals surface area contributed by atoms with E-state index in [-0.39, 0.29) is 18.7 Å². The predicted octanol–water partition coefficient (Wildman–Crippen LogP) is 0.569. The van der Waals surface area contributed by atoms with Crippen LogP contribution in [0.15, 0.2) is 0 Å². The minimum Gasteiger partial charge on any atom is -0.395 e. The van der Waals surface area contributed by atoms with Crippen molar-refractivity contribution in [2.45, 2.75) is 50.7 Å². The van der Waals surface area contributed by atoms with Crippen molar-refractivity contribution in [2.24, 2.45) is 5.73 Å². The molecular formula is C10H22N2O. The first kappa shape index (κ1) is 11.0. The molecule has 0 radical (unpaired) electrons. The lowest BCUT2D eigenvalue weighted by atomic mass is 10.0. The van der Waals surface area contributed by atoms with Crippen LogP contribution in [0.1, 0.15) is 32.6 Å². The van der Waals surface area contributed by atoms with E-state index >= 15 is 0 Å². The Balaban J connectivity index is 2.39. The molecule has 1 rings (SSSR count). The highest BCUT2D eigenvalue weighted by atomic mass is 16.3. The summed E-state index contributed by atoms with van der Waals surface area (Å²) in [6, 6.07) is 0.966. The molecule has 0 bridgehead atoms. The highest BCUT2D eigenvalue weighted by Crippen LogP contribution is 2.27. The first-order chi connectivity index (χ1) is 6.20. The van der Waals surface area contributed by atoms with Gasteiger partial charge >= 0.3 is 0 Å². The Morgan fingerprint density at radius 3 is 2.54 bits per heavy atom. The molecule has 0 aromatic rings. The topological polar surface area (TPSA) is 49.5 Å². The van der Waals surface area contributed by atoms with Crippen LogP contribution in [0.5, 0.6) is 0 Å². The first-order valence-corrected chi connectivity index (χ1v) is 5.29. The predicted molar refractivity (Wildman–Crippen MR) is 54.5 cm³/mol. The number of aliphatic hydroxyl groups excluding tert-OH is 1. The van der Waals surface area contributed by atoms with Gasteiger partial charge in [-0.25, -0.2) is 0 Å². The summed E-state index contributed by atoms with van der Waals surface area (Å²) in [5.74, 6) is 0. The van der Waals surface area contributed by atoms with Crippen molar-refractivity contribution in [1.82, 2.24) is 4.90 Å². The Bertz CT molecular complexity index is 148. The Labute approximate surface area is 80.9 Å². The van der Waals surface area contributed by atoms with Crippen LogP contribution < -0.4 is 5.73 Å². The van der Waals surface area contributed by atoms with Gasteiger partial charge < -0.3 is 10.8 Å². The maximum absolute atomic E-state index is 9.25. The summed E-state index contributed by atoms with van der Waals surface area (Å²) in [6.07, 6.45) is 4.64. The van der Waals surface area contributed by atoms with Crippen molar-refractivity contribution in [3.63, 3.8) is 0 Å². The zero-order chi connectivity index (χ0) is 9.84. The normalized spacial score (nSPS) is 21.9. The third-order valence-corrected chi connectivity index (χ3v) is 2.95. The molecule has 2 atom stereocenters. The Morgan fingerprint density at radius 2 is 2.15 bits per heavy atom. The van der Waals surface area contributed by atoms with Crippen LogP contribution in [0.3, 0.4) is 0 Å². The lowest BCUT2D eigenvalue weighted by Crippen LogP contribution is -2.49. The second-order valence-electron chi connectivity index (χ2n) is 4.10. The first-order valence-electron chi connectivity index (χ1n) is 5.29. The number of hydrogen-bond acceptors (Lipinski definition) is 3. The molecule has 13 heavy (non-hydrogen) atoms. The number of aliphatic hydroxyl groups is 1. The van der Waals surface area contributed by atoms with Crippen molar-refractivity contribution < 1.29 is 5.11 Å². The molecule has 2 unspecified atom stereocenters. The lowest BCUT2D eigenvalue weighted by Gasteiger charge is -2.31. The van der Waals surface area contributed by atoms with Crippen molar-refractivity contribution in [3.8, 4) is 0 Å². The molecule has 0 heterocycles. The molecule has 0 aromatic heterocycles. The van der Waals surface area contributed by atoms with Gasteiger partial charge in [0, 0.05) is 18.1 Å². The largest absolute Gasteiger partial charge is 0.395 e. The van der Waals surface area contributed by atoms with Gasteiger partial charge in [0.15, 0.2) is 0 Å². The van der Waals surface area contributed by atoms with Gasteiger partial charge in [0.05, 0.1) is 6.61 Å². The number of nitrogens with two attached hydrogens (primary N) is 1. The van der Waals surface area contributed by atoms with Gasteiger partial charge in [0.25, 0.3) is 0 Å². The fourth-order valence-electron chi connectivity index (χ4n) is 1.84. The average Bonchev–Trinajstić information content (AvgIpc) is 2.88. The van der Waals surface area contributed by atoms with Gasteiger partial charge in [-0.3, -0.25) is 4.90 Å². The molecule has 1 fully saturated rings. The zero-order valence-corrected chi connectivity index (χ0v) is 8.74. The van der Waals surface area contributed by atoms with E-state index in [0.717, 1.165) is 12.8 Å². The summed E-state index contributed by atoms with van der Waals surface area (Å²) < 4.78 is 0. The molecule has 0 spiro atoms. The summed E-state index contributed by atoms with van der Waals surface area (Å²) in [7, 11) is 2.08. The molecule has 0 aliphatic heterocycles. The molecule has 3 nitrogen and oxygen atoms in total. The molecule has 0 saturated heterocycles. The van der Waals surface area contributed by atoms with Gasteiger partial charge in [-0.1, -0.05) is 13.3 Å². The second-order valence-corrected chi connectivity index (χ2v) is 4.10. The summed E-state index contributed by atoms with van der Waals surface area (Å²) in [4.78, 5) is 2.25. The van der Waals surface area contributed by atoms with E-state index < -0.39 is 0 Å². The quantitative estimate of drug-likeness (QED) is 0.637. The van der Waals surface area contributed by atoms with E-state index in [9.17, 15) is 5.11 Å². The van der Waals surface area contributed by atoms with Crippen LogP contribution in [0.2, 0.25) is 0 Å². The van der Waals surface area contributed by atoms with E-state index in [2.05, 4.69) is 18.9 Å². The molecule has 1 aliphatic carbocycles. The van der Waals surface area contributed by atoms with Crippen LogP contribution in [0, 0.1) is 0 Å². The third kappa shape index (κ3) is 2.93. The maximum atomic E-state index is 9.25. The fourth-order valence-corrected chi connectivity index (χ4v) is 1.84. The van der Waals surface area contributed by atoms with Crippen LogP contribution in [0.25, 0.3) is 0 Å². The van der Waals surface area contributed by atoms with Gasteiger partial charge in [-0.05, 0) is 26.3 Å². The van der Waals surface area contributed by atoms with Crippen LogP contribution in [-0.4, -0.2) is 41.8 Å². The monoisotopic (exact) mass is 186 g/mol. The molecule has 78 valence electrons. The Kier molecular flexibility index (Phi) is 4.16. The Hall–Kier alpha value is -0.120. The molecule has 3 heteroatoms. The molecule has 0 aromatic carbocycles. The Morgan fingerprint density at radius 1 is 1.54 bits per heavy atom. The van der Waals surface area contributed by atoms with Crippen molar-refractivity contribution in [3.05, 3.63) is 0 Å². The van der Waals surface area contributed by atoms with Crippen LogP contribution in [0.4, 0.5) is 0 Å². The molecular weight excluding hydrogens is 164 g/mol. The molecule has 3 N–H and O–H groups in total. The SMILES string of the molecule is CCCC(N)C(CO)N(C)C1CC1. The number of rotatable bonds is 6. The van der Waals surface area contributed by atoms with E-state index in [1.165, 1.54) is 12.8 Å². The van der Waals surface area contributed by atoms with Crippen molar-refractivity contribution >= 4 is 0 Å². The van der Waals surface area contributed by atoms with Crippen LogP contribution >= 0.6 is 0 Å². The fraction of sp³-hybridized carbons (Fsp3) is 1.00. The number of nitrogens with zero attached hydrogens (tertiary/aromatic N) is 1. The highest BCUT2D eigenvalue weighted by Gasteiger charge is 2.32. The highest BCUT2D eigenvalue weighted by molar-refractivity contribution is 4.90. The molecule has 1 saturated carbocycles. The van der Waals surface area contributed by atoms with E-state index in [0.29, 0.717) is 6.04 Å². The smallest absolute Gasteiger partial charge is 0.0601 e. The summed E-state index contributed by atoms with van der Waals surface area (Å²) in [5.41, 5.74) is 6.00. The number of hydrogen-bond donors (Lipinski definition) is 2. The van der Waals surface area contributed by atoms with Gasteiger partial charge in [0.1, 0.15) is 0 Å². The van der Waals surface area contributed by atoms with Crippen molar-refractivity contribution in [1.29, 1.82) is 0 Å². The van der Waals surface area contributed by atoms with E-state index in [1.54, 1.807) is 0 Å². The lowest BCUT2D eigenvalue weighted by molar-refractivity contribution is 0.118. The average molecular weight is 186 g/mol. The summed E-state index contributed by atoms with van der Waals surface area (Å²) >= 11 is 0. The standard InChI is InChI=1S/C10H22N2O/c1-3-4-9(11)10(7-13)12(2)8-5-6-8/h8-10,13H,3-7,11H2,1-2H3. The number of likely N-dealkylation sites (N-methyl/N-ethyl adjacent to an activating group) is 1.